The van der Waals surface area contributed by atoms with E-state index in [0.29, 0.717) is 18.5 Å². The molecule has 0 radical (unpaired) electrons. The van der Waals surface area contributed by atoms with Gasteiger partial charge in [-0.2, -0.15) is 0 Å². The quantitative estimate of drug-likeness (QED) is 0.642. The average molecular weight is 356 g/mol. The van der Waals surface area contributed by atoms with E-state index < -0.39 is 0 Å². The summed E-state index contributed by atoms with van der Waals surface area (Å²) in [6, 6.07) is 9.02. The normalized spacial score (nSPS) is 15.5. The molecule has 4 rings (SSSR count). The van der Waals surface area contributed by atoms with Gasteiger partial charge in [-0.1, -0.05) is 0 Å². The van der Waals surface area contributed by atoms with Gasteiger partial charge in [0.15, 0.2) is 0 Å². The first-order chi connectivity index (χ1) is 12.1. The number of hydrogen-bond donors (Lipinski definition) is 1. The van der Waals surface area contributed by atoms with E-state index in [1.54, 1.807) is 17.4 Å². The summed E-state index contributed by atoms with van der Waals surface area (Å²) in [6.07, 6.45) is 4.46. The van der Waals surface area contributed by atoms with E-state index in [4.69, 9.17) is 4.42 Å². The Kier molecular flexibility index (Phi) is 4.44. The molecule has 130 valence electrons. The third kappa shape index (κ3) is 3.67. The van der Waals surface area contributed by atoms with Gasteiger partial charge in [-0.25, -0.2) is 9.37 Å². The van der Waals surface area contributed by atoms with Crippen molar-refractivity contribution in [2.45, 2.75) is 39.3 Å². The van der Waals surface area contributed by atoms with Crippen LogP contribution in [0.25, 0.3) is 11.3 Å². The van der Waals surface area contributed by atoms with Gasteiger partial charge in [0.05, 0.1) is 12.6 Å². The Bertz CT molecular complexity index is 881. The van der Waals surface area contributed by atoms with Crippen molar-refractivity contribution in [3.05, 3.63) is 63.6 Å². The summed E-state index contributed by atoms with van der Waals surface area (Å²) in [4.78, 5) is 5.80. The van der Waals surface area contributed by atoms with Gasteiger partial charge in [-0.3, -0.25) is 0 Å². The molecule has 1 aliphatic rings. The maximum atomic E-state index is 13.3. The summed E-state index contributed by atoms with van der Waals surface area (Å²) in [5, 5.41) is 4.78. The maximum Gasteiger partial charge on any atom is 0.134 e. The number of halogens is 1. The minimum Gasteiger partial charge on any atom is -0.460 e. The summed E-state index contributed by atoms with van der Waals surface area (Å²) in [7, 11) is 0. The Hall–Kier alpha value is -1.98. The van der Waals surface area contributed by atoms with E-state index in [1.165, 1.54) is 34.9 Å². The van der Waals surface area contributed by atoms with E-state index in [0.717, 1.165) is 22.6 Å². The van der Waals surface area contributed by atoms with Gasteiger partial charge in [0.25, 0.3) is 0 Å². The number of nitrogens with one attached hydrogen (secondary N) is 1. The fraction of sp³-hybridized carbons (Fsp3) is 0.350. The van der Waals surface area contributed by atoms with Crippen LogP contribution in [0, 0.1) is 25.6 Å². The van der Waals surface area contributed by atoms with Gasteiger partial charge in [-0.05, 0) is 68.5 Å². The topological polar surface area (TPSA) is 38.1 Å². The Morgan fingerprint density at radius 1 is 1.28 bits per heavy atom. The van der Waals surface area contributed by atoms with Crippen LogP contribution < -0.4 is 5.32 Å². The maximum absolute atomic E-state index is 13.3. The second-order valence-corrected chi connectivity index (χ2v) is 8.00. The molecule has 1 aliphatic carbocycles. The van der Waals surface area contributed by atoms with Crippen molar-refractivity contribution in [3.63, 3.8) is 0 Å². The molecule has 1 N–H and O–H groups in total. The molecule has 1 fully saturated rings. The van der Waals surface area contributed by atoms with Gasteiger partial charge < -0.3 is 9.73 Å². The molecule has 25 heavy (non-hydrogen) atoms. The minimum absolute atomic E-state index is 0.222. The van der Waals surface area contributed by atoms with Crippen molar-refractivity contribution < 1.29 is 8.81 Å². The van der Waals surface area contributed by atoms with E-state index >= 15 is 0 Å². The SMILES string of the molecule is Cc1cnc([C@@H](NCc2ccc(-c3ccc(F)cc3C)o2)C2CC2)s1. The van der Waals surface area contributed by atoms with Crippen LogP contribution in [0.5, 0.6) is 0 Å². The summed E-state index contributed by atoms with van der Waals surface area (Å²) >= 11 is 1.76. The molecule has 5 heteroatoms. The summed E-state index contributed by atoms with van der Waals surface area (Å²) < 4.78 is 19.3. The smallest absolute Gasteiger partial charge is 0.134 e. The number of nitrogens with zero attached hydrogens (tertiary/aromatic N) is 1. The lowest BCUT2D eigenvalue weighted by atomic mass is 10.1. The zero-order chi connectivity index (χ0) is 17.4. The summed E-state index contributed by atoms with van der Waals surface area (Å²) in [5.41, 5.74) is 1.81. The molecular formula is C20H21FN2OS. The summed E-state index contributed by atoms with van der Waals surface area (Å²) in [5.74, 6) is 2.13. The van der Waals surface area contributed by atoms with Gasteiger partial charge in [0, 0.05) is 16.6 Å². The van der Waals surface area contributed by atoms with Crippen molar-refractivity contribution in [3.8, 4) is 11.3 Å². The van der Waals surface area contributed by atoms with Crippen molar-refractivity contribution >= 4 is 11.3 Å². The lowest BCUT2D eigenvalue weighted by molar-refractivity contribution is 0.429. The van der Waals surface area contributed by atoms with Crippen molar-refractivity contribution in [2.75, 3.05) is 0 Å². The largest absolute Gasteiger partial charge is 0.460 e. The first kappa shape index (κ1) is 16.5. The lowest BCUT2D eigenvalue weighted by Gasteiger charge is -2.14. The molecular weight excluding hydrogens is 335 g/mol. The van der Waals surface area contributed by atoms with Crippen LogP contribution in [0.2, 0.25) is 0 Å². The Balaban J connectivity index is 1.47. The van der Waals surface area contributed by atoms with Crippen LogP contribution in [0.3, 0.4) is 0 Å². The molecule has 1 atom stereocenters. The van der Waals surface area contributed by atoms with E-state index in [-0.39, 0.29) is 5.82 Å². The van der Waals surface area contributed by atoms with Crippen LogP contribution >= 0.6 is 11.3 Å². The van der Waals surface area contributed by atoms with Crippen LogP contribution in [-0.4, -0.2) is 4.98 Å². The molecule has 0 amide bonds. The number of furan rings is 1. The van der Waals surface area contributed by atoms with Gasteiger partial charge >= 0.3 is 0 Å². The fourth-order valence-corrected chi connectivity index (χ4v) is 4.08. The predicted octanol–water partition coefficient (Wildman–Crippen LogP) is 5.40. The van der Waals surface area contributed by atoms with Crippen LogP contribution in [-0.2, 0) is 6.54 Å². The molecule has 1 aromatic carbocycles. The van der Waals surface area contributed by atoms with E-state index in [2.05, 4.69) is 17.2 Å². The predicted molar refractivity (Wildman–Crippen MR) is 98.0 cm³/mol. The first-order valence-corrected chi connectivity index (χ1v) is 9.43. The van der Waals surface area contributed by atoms with Crippen molar-refractivity contribution in [2.24, 2.45) is 5.92 Å². The average Bonchev–Trinajstić information content (AvgIpc) is 3.15. The zero-order valence-corrected chi connectivity index (χ0v) is 15.2. The highest BCUT2D eigenvalue weighted by atomic mass is 32.1. The Labute approximate surface area is 150 Å². The Morgan fingerprint density at radius 2 is 2.12 bits per heavy atom. The van der Waals surface area contributed by atoms with Crippen LogP contribution in [0.15, 0.2) is 40.9 Å². The number of aryl methyl sites for hydroxylation is 2. The molecule has 0 spiro atoms. The van der Waals surface area contributed by atoms with Crippen LogP contribution in [0.1, 0.15) is 40.1 Å². The monoisotopic (exact) mass is 356 g/mol. The number of benzene rings is 1. The van der Waals surface area contributed by atoms with Crippen molar-refractivity contribution in [1.29, 1.82) is 0 Å². The highest BCUT2D eigenvalue weighted by molar-refractivity contribution is 7.11. The number of rotatable bonds is 6. The molecule has 3 aromatic rings. The van der Waals surface area contributed by atoms with Crippen molar-refractivity contribution in [1.82, 2.24) is 10.3 Å². The van der Waals surface area contributed by atoms with Crippen LogP contribution in [0.4, 0.5) is 4.39 Å². The molecule has 0 saturated heterocycles. The molecule has 2 heterocycles. The van der Waals surface area contributed by atoms with Gasteiger partial charge in [0.1, 0.15) is 22.3 Å². The van der Waals surface area contributed by atoms with Gasteiger partial charge in [0.2, 0.25) is 0 Å². The second-order valence-electron chi connectivity index (χ2n) is 6.73. The molecule has 2 aromatic heterocycles. The summed E-state index contributed by atoms with van der Waals surface area (Å²) in [6.45, 7) is 4.65. The molecule has 3 nitrogen and oxygen atoms in total. The molecule has 0 aliphatic heterocycles. The fourth-order valence-electron chi connectivity index (χ4n) is 3.13. The van der Waals surface area contributed by atoms with Gasteiger partial charge in [-0.15, -0.1) is 11.3 Å². The minimum atomic E-state index is -0.222. The third-order valence-corrected chi connectivity index (χ3v) is 5.61. The lowest BCUT2D eigenvalue weighted by Crippen LogP contribution is -2.22. The number of thiazole rings is 1. The molecule has 0 unspecified atom stereocenters. The molecule has 0 bridgehead atoms. The van der Waals surface area contributed by atoms with E-state index in [9.17, 15) is 4.39 Å². The highest BCUT2D eigenvalue weighted by Gasteiger charge is 2.33. The third-order valence-electron chi connectivity index (χ3n) is 4.61. The highest BCUT2D eigenvalue weighted by Crippen LogP contribution is 2.42. The molecule has 1 saturated carbocycles. The Morgan fingerprint density at radius 3 is 2.80 bits per heavy atom. The van der Waals surface area contributed by atoms with E-state index in [1.807, 2.05) is 25.3 Å². The number of aromatic nitrogens is 1. The standard InChI is InChI=1S/C20H21FN2OS/c1-12-9-15(21)5-7-17(12)18-8-6-16(24-18)11-22-19(14-3-4-14)20-23-10-13(2)25-20/h5-10,14,19,22H,3-4,11H2,1-2H3/t19-/m0/s1. The first-order valence-electron chi connectivity index (χ1n) is 8.61. The zero-order valence-electron chi connectivity index (χ0n) is 14.4. The number of hydrogen-bond acceptors (Lipinski definition) is 4. The second kappa shape index (κ2) is 6.73.